The molecule has 0 saturated heterocycles. The molecule has 0 aliphatic carbocycles. The van der Waals surface area contributed by atoms with Crippen LogP contribution in [0.2, 0.25) is 0 Å². The Morgan fingerprint density at radius 3 is 2.55 bits per heavy atom. The van der Waals surface area contributed by atoms with E-state index in [-0.39, 0.29) is 11.8 Å². The number of rotatable bonds is 5. The normalized spacial score (nSPS) is 10.4. The highest BCUT2D eigenvalue weighted by Gasteiger charge is 2.05. The highest BCUT2D eigenvalue weighted by atomic mass is 16.2. The molecule has 0 bridgehead atoms. The zero-order chi connectivity index (χ0) is 15.8. The second kappa shape index (κ2) is 7.78. The molecule has 0 unspecified atom stereocenters. The van der Waals surface area contributed by atoms with Gasteiger partial charge in [0.15, 0.2) is 0 Å². The summed E-state index contributed by atoms with van der Waals surface area (Å²) in [4.78, 5) is 23.6. The molecular weight excluding hydrogens is 276 g/mol. The third kappa shape index (κ3) is 4.59. The van der Waals surface area contributed by atoms with Crippen LogP contribution in [0.1, 0.15) is 22.8 Å². The van der Waals surface area contributed by atoms with Gasteiger partial charge in [-0.05, 0) is 36.8 Å². The molecule has 4 heteroatoms. The maximum atomic E-state index is 11.9. The Labute approximate surface area is 129 Å². The van der Waals surface area contributed by atoms with Gasteiger partial charge in [-0.25, -0.2) is 0 Å². The minimum absolute atomic E-state index is 0.154. The van der Waals surface area contributed by atoms with Crippen LogP contribution in [0.5, 0.6) is 0 Å². The molecule has 0 spiro atoms. The van der Waals surface area contributed by atoms with E-state index in [2.05, 4.69) is 10.6 Å². The minimum atomic E-state index is -0.239. The number of hydrogen-bond acceptors (Lipinski definition) is 2. The van der Waals surface area contributed by atoms with Crippen molar-refractivity contribution in [3.63, 3.8) is 0 Å². The molecule has 2 N–H and O–H groups in total. The molecule has 4 nitrogen and oxygen atoms in total. The van der Waals surface area contributed by atoms with Crippen LogP contribution in [-0.2, 0) is 4.79 Å². The van der Waals surface area contributed by atoms with Gasteiger partial charge in [0.05, 0.1) is 0 Å². The lowest BCUT2D eigenvalue weighted by Gasteiger charge is -2.06. The summed E-state index contributed by atoms with van der Waals surface area (Å²) in [6, 6.07) is 16.4. The third-order valence-electron chi connectivity index (χ3n) is 2.96. The summed E-state index contributed by atoms with van der Waals surface area (Å²) in [5.41, 5.74) is 2.06. The molecule has 0 fully saturated rings. The van der Waals surface area contributed by atoms with E-state index in [1.54, 1.807) is 30.3 Å². The maximum absolute atomic E-state index is 11.9. The summed E-state index contributed by atoms with van der Waals surface area (Å²) in [6.45, 7) is 2.42. The average molecular weight is 294 g/mol. The Kier molecular flexibility index (Phi) is 5.49. The van der Waals surface area contributed by atoms with Gasteiger partial charge < -0.3 is 10.6 Å². The number of carbonyl (C=O) groups excluding carboxylic acids is 2. The second-order valence-electron chi connectivity index (χ2n) is 4.67. The van der Waals surface area contributed by atoms with Gasteiger partial charge in [-0.15, -0.1) is 0 Å². The van der Waals surface area contributed by atoms with Crippen molar-refractivity contribution in [2.24, 2.45) is 0 Å². The Bertz CT molecular complexity index is 678. The van der Waals surface area contributed by atoms with E-state index in [1.807, 2.05) is 37.3 Å². The fraction of sp³-hybridized carbons (Fsp3) is 0.111. The van der Waals surface area contributed by atoms with Gasteiger partial charge >= 0.3 is 0 Å². The lowest BCUT2D eigenvalue weighted by molar-refractivity contribution is -0.111. The third-order valence-corrected chi connectivity index (χ3v) is 2.96. The smallest absolute Gasteiger partial charge is 0.251 e. The number of amides is 2. The summed E-state index contributed by atoms with van der Waals surface area (Å²) in [7, 11) is 0. The van der Waals surface area contributed by atoms with Crippen LogP contribution in [0.4, 0.5) is 5.69 Å². The van der Waals surface area contributed by atoms with Gasteiger partial charge in [0, 0.05) is 23.9 Å². The van der Waals surface area contributed by atoms with Gasteiger partial charge in [-0.1, -0.05) is 36.4 Å². The van der Waals surface area contributed by atoms with Crippen molar-refractivity contribution in [2.45, 2.75) is 6.92 Å². The van der Waals surface area contributed by atoms with Gasteiger partial charge in [-0.3, -0.25) is 9.59 Å². The lowest BCUT2D eigenvalue weighted by Crippen LogP contribution is -2.22. The first-order chi connectivity index (χ1) is 10.7. The van der Waals surface area contributed by atoms with E-state index in [0.29, 0.717) is 17.8 Å². The van der Waals surface area contributed by atoms with Crippen molar-refractivity contribution in [3.05, 3.63) is 71.8 Å². The predicted molar refractivity (Wildman–Crippen MR) is 88.6 cm³/mol. The van der Waals surface area contributed by atoms with E-state index < -0.39 is 0 Å². The van der Waals surface area contributed by atoms with E-state index in [0.717, 1.165) is 5.56 Å². The number of carbonyl (C=O) groups is 2. The summed E-state index contributed by atoms with van der Waals surface area (Å²) in [6.07, 6.45) is 3.21. The topological polar surface area (TPSA) is 58.2 Å². The average Bonchev–Trinajstić information content (AvgIpc) is 2.54. The number of nitrogens with one attached hydrogen (secondary N) is 2. The zero-order valence-electron chi connectivity index (χ0n) is 12.4. The largest absolute Gasteiger partial charge is 0.352 e. The fourth-order valence-electron chi connectivity index (χ4n) is 1.92. The Balaban J connectivity index is 2.01. The first-order valence-electron chi connectivity index (χ1n) is 7.11. The molecular formula is C18H18N2O2. The first-order valence-corrected chi connectivity index (χ1v) is 7.11. The van der Waals surface area contributed by atoms with Crippen LogP contribution in [0.25, 0.3) is 6.08 Å². The second-order valence-corrected chi connectivity index (χ2v) is 4.67. The van der Waals surface area contributed by atoms with Crippen LogP contribution in [-0.4, -0.2) is 18.4 Å². The van der Waals surface area contributed by atoms with Gasteiger partial charge in [0.25, 0.3) is 5.91 Å². The summed E-state index contributed by atoms with van der Waals surface area (Å²) < 4.78 is 0. The summed E-state index contributed by atoms with van der Waals surface area (Å²) >= 11 is 0. The van der Waals surface area contributed by atoms with Gasteiger partial charge in [-0.2, -0.15) is 0 Å². The standard InChI is InChI=1S/C18H18N2O2/c1-2-19-18(22)15-9-6-10-16(13-15)20-17(21)12-11-14-7-4-3-5-8-14/h3-13H,2H2,1H3,(H,19,22)(H,20,21). The number of hydrogen-bond donors (Lipinski definition) is 2. The highest BCUT2D eigenvalue weighted by Crippen LogP contribution is 2.11. The van der Waals surface area contributed by atoms with Crippen LogP contribution >= 0.6 is 0 Å². The molecule has 0 saturated carbocycles. The predicted octanol–water partition coefficient (Wildman–Crippen LogP) is 3.09. The van der Waals surface area contributed by atoms with Gasteiger partial charge in [0.2, 0.25) is 5.91 Å². The zero-order valence-corrected chi connectivity index (χ0v) is 12.4. The van der Waals surface area contributed by atoms with Crippen LogP contribution in [0.15, 0.2) is 60.7 Å². The molecule has 0 heterocycles. The molecule has 22 heavy (non-hydrogen) atoms. The summed E-state index contributed by atoms with van der Waals surface area (Å²) in [5, 5.41) is 5.47. The summed E-state index contributed by atoms with van der Waals surface area (Å²) in [5.74, 6) is -0.393. The Morgan fingerprint density at radius 2 is 1.82 bits per heavy atom. The molecule has 0 aliphatic rings. The minimum Gasteiger partial charge on any atom is -0.352 e. The molecule has 2 amide bonds. The molecule has 112 valence electrons. The van der Waals surface area contributed by atoms with E-state index in [1.165, 1.54) is 6.08 Å². The first kappa shape index (κ1) is 15.5. The van der Waals surface area contributed by atoms with Crippen molar-refractivity contribution in [2.75, 3.05) is 11.9 Å². The SMILES string of the molecule is CCNC(=O)c1cccc(NC(=O)C=Cc2ccccc2)c1. The maximum Gasteiger partial charge on any atom is 0.251 e. The molecule has 0 radical (unpaired) electrons. The fourth-order valence-corrected chi connectivity index (χ4v) is 1.92. The number of anilines is 1. The van der Waals surface area contributed by atoms with Crippen molar-refractivity contribution in [3.8, 4) is 0 Å². The molecule has 2 rings (SSSR count). The molecule has 2 aromatic rings. The highest BCUT2D eigenvalue weighted by molar-refractivity contribution is 6.03. The molecule has 0 aliphatic heterocycles. The number of benzene rings is 2. The molecule has 0 aromatic heterocycles. The van der Waals surface area contributed by atoms with E-state index in [4.69, 9.17) is 0 Å². The van der Waals surface area contributed by atoms with Crippen LogP contribution in [0.3, 0.4) is 0 Å². The van der Waals surface area contributed by atoms with Crippen molar-refractivity contribution in [1.82, 2.24) is 5.32 Å². The van der Waals surface area contributed by atoms with Crippen molar-refractivity contribution >= 4 is 23.6 Å². The lowest BCUT2D eigenvalue weighted by atomic mass is 10.2. The van der Waals surface area contributed by atoms with E-state index in [9.17, 15) is 9.59 Å². The monoisotopic (exact) mass is 294 g/mol. The molecule has 2 aromatic carbocycles. The van der Waals surface area contributed by atoms with Gasteiger partial charge in [0.1, 0.15) is 0 Å². The van der Waals surface area contributed by atoms with E-state index >= 15 is 0 Å². The Hall–Kier alpha value is -2.88. The van der Waals surface area contributed by atoms with Crippen molar-refractivity contribution < 1.29 is 9.59 Å². The Morgan fingerprint density at radius 1 is 1.05 bits per heavy atom. The van der Waals surface area contributed by atoms with Crippen LogP contribution < -0.4 is 10.6 Å². The van der Waals surface area contributed by atoms with Crippen molar-refractivity contribution in [1.29, 1.82) is 0 Å². The molecule has 0 atom stereocenters. The quantitative estimate of drug-likeness (QED) is 0.833. The van der Waals surface area contributed by atoms with Crippen LogP contribution in [0, 0.1) is 0 Å².